The van der Waals surface area contributed by atoms with Gasteiger partial charge in [0.25, 0.3) is 0 Å². The lowest BCUT2D eigenvalue weighted by Crippen LogP contribution is -2.42. The van der Waals surface area contributed by atoms with Crippen molar-refractivity contribution in [3.63, 3.8) is 0 Å². The number of nitrogens with one attached hydrogen (secondary N) is 1. The first-order valence-electron chi connectivity index (χ1n) is 11.1. The van der Waals surface area contributed by atoms with Gasteiger partial charge in [-0.15, -0.1) is 13.2 Å². The smallest absolute Gasteiger partial charge is 0.306 e. The van der Waals surface area contributed by atoms with E-state index in [0.717, 1.165) is 18.4 Å². The number of benzene rings is 1. The molecule has 0 bridgehead atoms. The van der Waals surface area contributed by atoms with Crippen LogP contribution in [0.15, 0.2) is 55.6 Å². The third-order valence-corrected chi connectivity index (χ3v) is 5.63. The van der Waals surface area contributed by atoms with Crippen LogP contribution >= 0.6 is 0 Å². The maximum atomic E-state index is 13.1. The van der Waals surface area contributed by atoms with E-state index in [4.69, 9.17) is 4.74 Å². The highest BCUT2D eigenvalue weighted by Crippen LogP contribution is 2.22. The van der Waals surface area contributed by atoms with Gasteiger partial charge in [-0.25, -0.2) is 0 Å². The zero-order chi connectivity index (χ0) is 23.3. The Labute approximate surface area is 190 Å². The lowest BCUT2D eigenvalue weighted by molar-refractivity contribution is -0.145. The van der Waals surface area contributed by atoms with E-state index in [0.29, 0.717) is 19.4 Å². The van der Waals surface area contributed by atoms with Crippen LogP contribution in [-0.4, -0.2) is 53.6 Å². The van der Waals surface area contributed by atoms with Crippen molar-refractivity contribution in [1.29, 1.82) is 0 Å². The Balaban J connectivity index is 2.06. The van der Waals surface area contributed by atoms with Crippen LogP contribution in [0.3, 0.4) is 0 Å². The predicted octanol–water partition coefficient (Wildman–Crippen LogP) is 2.92. The summed E-state index contributed by atoms with van der Waals surface area (Å²) in [6.45, 7) is 7.84. The molecule has 1 aliphatic heterocycles. The van der Waals surface area contributed by atoms with E-state index in [2.05, 4.69) is 18.5 Å². The molecule has 7 nitrogen and oxygen atoms in total. The number of allylic oxidation sites excluding steroid dienone is 2. The van der Waals surface area contributed by atoms with E-state index in [1.165, 1.54) is 0 Å². The number of carbonyl (C=O) groups is 3. The van der Waals surface area contributed by atoms with Gasteiger partial charge in [-0.05, 0) is 31.2 Å². The van der Waals surface area contributed by atoms with Crippen LogP contribution in [0.1, 0.15) is 50.1 Å². The number of carbonyl (C=O) groups excluding carboxylic acids is 3. The Hall–Kier alpha value is -2.93. The summed E-state index contributed by atoms with van der Waals surface area (Å²) in [5, 5.41) is 12.4. The second-order valence-corrected chi connectivity index (χ2v) is 7.97. The van der Waals surface area contributed by atoms with Gasteiger partial charge in [0, 0.05) is 19.4 Å². The van der Waals surface area contributed by atoms with Gasteiger partial charge >= 0.3 is 5.97 Å². The molecule has 32 heavy (non-hydrogen) atoms. The maximum absolute atomic E-state index is 13.1. The number of esters is 1. The molecule has 7 heteroatoms. The molecular formula is C25H34N2O5. The fraction of sp³-hybridized carbons (Fsp3) is 0.480. The number of aliphatic hydroxyl groups excluding tert-OH is 1. The first-order valence-corrected chi connectivity index (χ1v) is 11.1. The number of likely N-dealkylation sites (tertiary alicyclic amines) is 1. The summed E-state index contributed by atoms with van der Waals surface area (Å²) in [4.78, 5) is 39.5. The summed E-state index contributed by atoms with van der Waals surface area (Å²) in [5.74, 6) is -1.39. The first-order chi connectivity index (χ1) is 15.5. The average Bonchev–Trinajstić information content (AvgIpc) is 3.29. The summed E-state index contributed by atoms with van der Waals surface area (Å²) in [5.41, 5.74) is 0.806. The van der Waals surface area contributed by atoms with Crippen molar-refractivity contribution in [2.24, 2.45) is 5.92 Å². The Morgan fingerprint density at radius 3 is 2.62 bits per heavy atom. The second kappa shape index (κ2) is 13.5. The van der Waals surface area contributed by atoms with Crippen LogP contribution in [0.2, 0.25) is 0 Å². The number of aliphatic hydroxyl groups is 1. The number of hydrogen-bond donors (Lipinski definition) is 2. The third kappa shape index (κ3) is 7.64. The van der Waals surface area contributed by atoms with E-state index in [9.17, 15) is 19.5 Å². The topological polar surface area (TPSA) is 95.9 Å². The number of hydrogen-bond acceptors (Lipinski definition) is 5. The molecule has 174 valence electrons. The van der Waals surface area contributed by atoms with Crippen LogP contribution < -0.4 is 5.32 Å². The number of amides is 2. The molecule has 2 rings (SSSR count). The number of nitrogens with zero attached hydrogens (tertiary/aromatic N) is 1. The maximum Gasteiger partial charge on any atom is 0.306 e. The van der Waals surface area contributed by atoms with E-state index in [-0.39, 0.29) is 49.9 Å². The molecule has 0 unspecified atom stereocenters. The molecule has 1 aromatic rings. The van der Waals surface area contributed by atoms with Crippen LogP contribution in [0.5, 0.6) is 0 Å². The van der Waals surface area contributed by atoms with Crippen LogP contribution in [0, 0.1) is 5.92 Å². The number of ether oxygens (including phenoxy) is 1. The fourth-order valence-electron chi connectivity index (χ4n) is 3.83. The Kier molecular flexibility index (Phi) is 10.7. The Bertz CT molecular complexity index is 780. The molecule has 0 aromatic heterocycles. The molecule has 1 aliphatic rings. The van der Waals surface area contributed by atoms with E-state index >= 15 is 0 Å². The summed E-state index contributed by atoms with van der Waals surface area (Å²) in [6.07, 6.45) is 6.03. The summed E-state index contributed by atoms with van der Waals surface area (Å²) < 4.78 is 5.37. The van der Waals surface area contributed by atoms with Gasteiger partial charge in [-0.1, -0.05) is 42.5 Å². The molecule has 1 aromatic carbocycles. The monoisotopic (exact) mass is 442 g/mol. The molecule has 2 amide bonds. The van der Waals surface area contributed by atoms with Crippen molar-refractivity contribution in [2.45, 2.75) is 50.6 Å². The van der Waals surface area contributed by atoms with E-state index in [1.807, 2.05) is 30.3 Å². The molecule has 0 radical (unpaired) electrons. The normalized spacial score (nSPS) is 17.3. The fourth-order valence-corrected chi connectivity index (χ4v) is 3.83. The largest absolute Gasteiger partial charge is 0.463 e. The lowest BCUT2D eigenvalue weighted by Gasteiger charge is -2.26. The molecule has 1 heterocycles. The highest BCUT2D eigenvalue weighted by Gasteiger charge is 2.31. The standard InChI is InChI=1S/C25H34N2O5/c1-3-5-14-24(30)32-18-22(19-11-7-6-8-12-19)26-25(31)20(10-4-2)16-23(29)27-15-9-13-21(27)17-28/h3-4,6-8,11-12,20-22,28H,1-2,5,9-10,13-18H2,(H,26,31)/t20-,21-,22-/m0/s1. The summed E-state index contributed by atoms with van der Waals surface area (Å²) in [6, 6.07) is 8.56. The van der Waals surface area contributed by atoms with Crippen molar-refractivity contribution >= 4 is 17.8 Å². The van der Waals surface area contributed by atoms with Crippen LogP contribution in [0.4, 0.5) is 0 Å². The summed E-state index contributed by atoms with van der Waals surface area (Å²) >= 11 is 0. The molecule has 1 saturated heterocycles. The SMILES string of the molecule is C=CCCC(=O)OC[C@H](NC(=O)[C@@H](CC=C)CC(=O)N1CCC[C@H]1CO)c1ccccc1. The van der Waals surface area contributed by atoms with Gasteiger partial charge < -0.3 is 20.1 Å². The quantitative estimate of drug-likeness (QED) is 0.362. The Morgan fingerprint density at radius 2 is 1.97 bits per heavy atom. The molecule has 0 aliphatic carbocycles. The minimum absolute atomic E-state index is 0.000797. The minimum Gasteiger partial charge on any atom is -0.463 e. The van der Waals surface area contributed by atoms with Crippen molar-refractivity contribution in [3.05, 3.63) is 61.2 Å². The van der Waals surface area contributed by atoms with Gasteiger partial charge in [-0.2, -0.15) is 0 Å². The zero-order valence-corrected chi connectivity index (χ0v) is 18.6. The molecule has 2 N–H and O–H groups in total. The number of rotatable bonds is 13. The average molecular weight is 443 g/mol. The molecular weight excluding hydrogens is 408 g/mol. The van der Waals surface area contributed by atoms with Gasteiger partial charge in [0.15, 0.2) is 0 Å². The summed E-state index contributed by atoms with van der Waals surface area (Å²) in [7, 11) is 0. The third-order valence-electron chi connectivity index (χ3n) is 5.63. The second-order valence-electron chi connectivity index (χ2n) is 7.97. The predicted molar refractivity (Wildman–Crippen MR) is 122 cm³/mol. The lowest BCUT2D eigenvalue weighted by atomic mass is 9.98. The highest BCUT2D eigenvalue weighted by molar-refractivity contribution is 5.86. The van der Waals surface area contributed by atoms with Gasteiger partial charge in [-0.3, -0.25) is 14.4 Å². The van der Waals surface area contributed by atoms with Crippen molar-refractivity contribution in [3.8, 4) is 0 Å². The van der Waals surface area contributed by atoms with Crippen LogP contribution in [0.25, 0.3) is 0 Å². The van der Waals surface area contributed by atoms with Crippen LogP contribution in [-0.2, 0) is 19.1 Å². The van der Waals surface area contributed by atoms with Crippen molar-refractivity contribution in [1.82, 2.24) is 10.2 Å². The minimum atomic E-state index is -0.595. The highest BCUT2D eigenvalue weighted by atomic mass is 16.5. The van der Waals surface area contributed by atoms with E-state index < -0.39 is 12.0 Å². The molecule has 0 spiro atoms. The van der Waals surface area contributed by atoms with Gasteiger partial charge in [0.1, 0.15) is 6.61 Å². The zero-order valence-electron chi connectivity index (χ0n) is 18.6. The Morgan fingerprint density at radius 1 is 1.22 bits per heavy atom. The van der Waals surface area contributed by atoms with E-state index in [1.54, 1.807) is 17.1 Å². The molecule has 3 atom stereocenters. The molecule has 0 saturated carbocycles. The molecule has 1 fully saturated rings. The van der Waals surface area contributed by atoms with Crippen molar-refractivity contribution in [2.75, 3.05) is 19.8 Å². The first kappa shape index (κ1) is 25.3. The van der Waals surface area contributed by atoms with Crippen molar-refractivity contribution < 1.29 is 24.2 Å². The van der Waals surface area contributed by atoms with Gasteiger partial charge in [0.05, 0.1) is 24.6 Å². The van der Waals surface area contributed by atoms with Gasteiger partial charge in [0.2, 0.25) is 11.8 Å².